The van der Waals surface area contributed by atoms with Crippen LogP contribution in [-0.4, -0.2) is 120 Å². The Hall–Kier alpha value is -3.54. The molecule has 0 unspecified atom stereocenters. The van der Waals surface area contributed by atoms with Gasteiger partial charge in [-0.05, 0) is 68.0 Å². The zero-order valence-corrected chi connectivity index (χ0v) is 28.4. The van der Waals surface area contributed by atoms with Crippen LogP contribution in [0.2, 0.25) is 5.02 Å². The second kappa shape index (κ2) is 14.7. The van der Waals surface area contributed by atoms with Crippen LogP contribution < -0.4 is 11.1 Å². The largest absolute Gasteiger partial charge is 0.436 e. The minimum Gasteiger partial charge on any atom is -0.436 e. The summed E-state index contributed by atoms with van der Waals surface area (Å²) in [6, 6.07) is 11.9. The van der Waals surface area contributed by atoms with Crippen LogP contribution in [0.4, 0.5) is 21.0 Å². The Bertz CT molecular complexity index is 1450. The molecule has 1 atom stereocenters. The van der Waals surface area contributed by atoms with Crippen LogP contribution in [0.3, 0.4) is 0 Å². The van der Waals surface area contributed by atoms with Crippen molar-refractivity contribution in [3.8, 4) is 0 Å². The van der Waals surface area contributed by atoms with E-state index in [1.165, 1.54) is 0 Å². The molecule has 12 heteroatoms. The number of hydrogen-bond acceptors (Lipinski definition) is 7. The number of carbonyl (C=O) groups excluding carboxylic acids is 3. The summed E-state index contributed by atoms with van der Waals surface area (Å²) in [6.45, 7) is 8.96. The maximum absolute atomic E-state index is 14.0. The van der Waals surface area contributed by atoms with E-state index in [1.807, 2.05) is 47.1 Å². The van der Waals surface area contributed by atoms with Gasteiger partial charge in [-0.15, -0.1) is 0 Å². The number of amides is 4. The number of anilines is 2. The van der Waals surface area contributed by atoms with Crippen molar-refractivity contribution in [1.29, 1.82) is 0 Å². The number of likely N-dealkylation sites (tertiary alicyclic amines) is 2. The highest BCUT2D eigenvalue weighted by Gasteiger charge is 2.37. The number of piperidine rings is 2. The highest BCUT2D eigenvalue weighted by Crippen LogP contribution is 2.30. The molecule has 0 aliphatic carbocycles. The summed E-state index contributed by atoms with van der Waals surface area (Å²) in [5.74, 6) is -0.167. The van der Waals surface area contributed by atoms with E-state index in [4.69, 9.17) is 22.1 Å². The number of urea groups is 1. The number of nitrogens with one attached hydrogen (secondary N) is 1. The average molecular weight is 666 g/mol. The number of hydrogen-bond donors (Lipinski definition) is 2. The van der Waals surface area contributed by atoms with Gasteiger partial charge in [-0.2, -0.15) is 0 Å². The number of aryl methyl sites for hydroxylation is 1. The molecule has 3 fully saturated rings. The van der Waals surface area contributed by atoms with Gasteiger partial charge in [0.2, 0.25) is 0 Å². The SMILES string of the molecule is CCc1cc(C[C@@H](OC(=O)N2CCC(N3Cc4ccccc4NC3=O)CC2)C(=O)N2CCC(N3CCN(C)CC3)CC2)cc(Cl)c1N. The first kappa shape index (κ1) is 33.4. The quantitative estimate of drug-likeness (QED) is 0.425. The molecule has 4 amide bonds. The molecule has 0 bridgehead atoms. The molecule has 3 saturated heterocycles. The van der Waals surface area contributed by atoms with Crippen LogP contribution in [0.15, 0.2) is 36.4 Å². The standard InChI is InChI=1S/C35H48ClN7O4/c1-3-25-20-24(21-29(36)32(25)37)22-31(33(44)41-12-8-27(9-13-41)40-18-16-39(2)17-19-40)47-35(46)42-14-10-28(11-15-42)43-23-26-6-4-5-7-30(26)38-34(43)45/h4-7,20-21,27-28,31H,3,8-19,22-23,37H2,1-2H3,(H,38,45)/t31-/m1/s1. The fourth-order valence-corrected chi connectivity index (χ4v) is 7.72. The van der Waals surface area contributed by atoms with Gasteiger partial charge in [0.05, 0.1) is 10.7 Å². The molecular formula is C35H48ClN7O4. The molecule has 0 radical (unpaired) electrons. The molecule has 2 aromatic carbocycles. The molecular weight excluding hydrogens is 618 g/mol. The molecule has 2 aromatic rings. The number of ether oxygens (including phenoxy) is 1. The molecule has 254 valence electrons. The van der Waals surface area contributed by atoms with Gasteiger partial charge in [0.15, 0.2) is 6.10 Å². The number of rotatable bonds is 7. The summed E-state index contributed by atoms with van der Waals surface area (Å²) in [5.41, 5.74) is 10.4. The maximum Gasteiger partial charge on any atom is 0.410 e. The number of piperazine rings is 1. The number of likely N-dealkylation sites (N-methyl/N-ethyl adjacent to an activating group) is 1. The number of para-hydroxylation sites is 1. The van der Waals surface area contributed by atoms with Crippen molar-refractivity contribution in [3.63, 3.8) is 0 Å². The number of nitrogens with zero attached hydrogens (tertiary/aromatic N) is 5. The van der Waals surface area contributed by atoms with Gasteiger partial charge in [0.25, 0.3) is 5.91 Å². The van der Waals surface area contributed by atoms with Gasteiger partial charge in [0, 0.05) is 83.1 Å². The first-order chi connectivity index (χ1) is 22.7. The highest BCUT2D eigenvalue weighted by molar-refractivity contribution is 6.33. The third kappa shape index (κ3) is 7.63. The molecule has 6 rings (SSSR count). The normalized spacial score (nSPS) is 20.9. The lowest BCUT2D eigenvalue weighted by molar-refractivity contribution is -0.142. The molecule has 4 heterocycles. The Morgan fingerprint density at radius 3 is 2.32 bits per heavy atom. The minimum atomic E-state index is -0.978. The van der Waals surface area contributed by atoms with Crippen molar-refractivity contribution in [2.45, 2.75) is 70.2 Å². The number of halogens is 1. The predicted octanol–water partition coefficient (Wildman–Crippen LogP) is 4.28. The summed E-state index contributed by atoms with van der Waals surface area (Å²) >= 11 is 6.48. The third-order valence-corrected chi connectivity index (χ3v) is 10.8. The Balaban J connectivity index is 1.10. The van der Waals surface area contributed by atoms with E-state index >= 15 is 0 Å². The summed E-state index contributed by atoms with van der Waals surface area (Å²) in [6.07, 6.45) is 2.53. The van der Waals surface area contributed by atoms with Crippen molar-refractivity contribution in [2.75, 3.05) is 70.5 Å². The molecule has 47 heavy (non-hydrogen) atoms. The van der Waals surface area contributed by atoms with Crippen molar-refractivity contribution >= 4 is 41.0 Å². The van der Waals surface area contributed by atoms with E-state index < -0.39 is 12.2 Å². The van der Waals surface area contributed by atoms with Crippen LogP contribution in [0.1, 0.15) is 49.3 Å². The zero-order valence-electron chi connectivity index (χ0n) is 27.6. The monoisotopic (exact) mass is 665 g/mol. The van der Waals surface area contributed by atoms with Crippen molar-refractivity contribution in [2.24, 2.45) is 0 Å². The number of nitrogens with two attached hydrogens (primary N) is 1. The summed E-state index contributed by atoms with van der Waals surface area (Å²) < 4.78 is 6.07. The second-order valence-corrected chi connectivity index (χ2v) is 13.8. The minimum absolute atomic E-state index is 0.0100. The molecule has 0 saturated carbocycles. The van der Waals surface area contributed by atoms with E-state index in [0.717, 1.165) is 61.4 Å². The fourth-order valence-electron chi connectivity index (χ4n) is 7.46. The fraction of sp³-hybridized carbons (Fsp3) is 0.571. The molecule has 3 N–H and O–H groups in total. The first-order valence-corrected chi connectivity index (χ1v) is 17.5. The van der Waals surface area contributed by atoms with Crippen LogP contribution in [0, 0.1) is 0 Å². The topological polar surface area (TPSA) is 115 Å². The zero-order chi connectivity index (χ0) is 33.1. The highest BCUT2D eigenvalue weighted by atomic mass is 35.5. The van der Waals surface area contributed by atoms with Gasteiger partial charge in [-0.25, -0.2) is 9.59 Å². The van der Waals surface area contributed by atoms with E-state index in [1.54, 1.807) is 11.0 Å². The summed E-state index contributed by atoms with van der Waals surface area (Å²) in [5, 5.41) is 3.43. The summed E-state index contributed by atoms with van der Waals surface area (Å²) in [4.78, 5) is 50.8. The van der Waals surface area contributed by atoms with Crippen molar-refractivity contribution in [3.05, 3.63) is 58.1 Å². The van der Waals surface area contributed by atoms with E-state index in [0.29, 0.717) is 68.7 Å². The molecule has 0 aromatic heterocycles. The summed E-state index contributed by atoms with van der Waals surface area (Å²) in [7, 11) is 2.16. The number of benzene rings is 2. The smallest absolute Gasteiger partial charge is 0.410 e. The van der Waals surface area contributed by atoms with E-state index in [-0.39, 0.29) is 24.4 Å². The average Bonchev–Trinajstić information content (AvgIpc) is 3.09. The number of nitrogen functional groups attached to an aromatic ring is 1. The van der Waals surface area contributed by atoms with Crippen LogP contribution in [-0.2, 0) is 28.9 Å². The second-order valence-electron chi connectivity index (χ2n) is 13.4. The van der Waals surface area contributed by atoms with E-state index in [9.17, 15) is 14.4 Å². The molecule has 11 nitrogen and oxygen atoms in total. The lowest BCUT2D eigenvalue weighted by Crippen LogP contribution is -2.55. The van der Waals surface area contributed by atoms with Gasteiger partial charge < -0.3 is 35.4 Å². The van der Waals surface area contributed by atoms with Crippen molar-refractivity contribution in [1.82, 2.24) is 24.5 Å². The van der Waals surface area contributed by atoms with Crippen molar-refractivity contribution < 1.29 is 19.1 Å². The Morgan fingerprint density at radius 2 is 1.62 bits per heavy atom. The van der Waals surface area contributed by atoms with Gasteiger partial charge in [0.1, 0.15) is 0 Å². The van der Waals surface area contributed by atoms with Gasteiger partial charge >= 0.3 is 12.1 Å². The Kier molecular flexibility index (Phi) is 10.4. The number of fused-ring (bicyclic) bond motifs is 1. The van der Waals surface area contributed by atoms with Crippen LogP contribution >= 0.6 is 11.6 Å². The first-order valence-electron chi connectivity index (χ1n) is 17.1. The van der Waals surface area contributed by atoms with Gasteiger partial charge in [-0.1, -0.05) is 42.8 Å². The number of carbonyl (C=O) groups is 3. The lowest BCUT2D eigenvalue weighted by atomic mass is 9.99. The predicted molar refractivity (Wildman–Crippen MR) is 183 cm³/mol. The van der Waals surface area contributed by atoms with E-state index in [2.05, 4.69) is 22.2 Å². The maximum atomic E-state index is 14.0. The Morgan fingerprint density at radius 1 is 0.957 bits per heavy atom. The molecule has 0 spiro atoms. The molecule has 4 aliphatic heterocycles. The third-order valence-electron chi connectivity index (χ3n) is 10.4. The van der Waals surface area contributed by atoms with Crippen LogP contribution in [0.5, 0.6) is 0 Å². The molecule has 4 aliphatic rings. The van der Waals surface area contributed by atoms with Crippen LogP contribution in [0.25, 0.3) is 0 Å². The lowest BCUT2D eigenvalue weighted by Gasteiger charge is -2.42. The van der Waals surface area contributed by atoms with Gasteiger partial charge in [-0.3, -0.25) is 9.69 Å². The Labute approximate surface area is 282 Å².